The minimum absolute atomic E-state index is 0.0925. The third-order valence-corrected chi connectivity index (χ3v) is 4.88. The first kappa shape index (κ1) is 15.1. The van der Waals surface area contributed by atoms with Crippen LogP contribution in [0, 0.1) is 57.2 Å². The first-order valence-electron chi connectivity index (χ1n) is 7.48. The van der Waals surface area contributed by atoms with Crippen molar-refractivity contribution in [2.24, 2.45) is 28.9 Å². The maximum atomic E-state index is 9.66. The Kier molecular flexibility index (Phi) is 4.06. The Balaban J connectivity index is 2.71. The standard InChI is InChI=1S/C17H20N4/c1-3-4-15-13-7-11(2)5-6-12(13)14(8-18)16(21)17(15,9-19)10-20/h6,11,13,15H,3-5,7,21H2,1-2H3/t11-,13-,15+/m1/s1. The van der Waals surface area contributed by atoms with Crippen LogP contribution in [-0.4, -0.2) is 0 Å². The van der Waals surface area contributed by atoms with Gasteiger partial charge in [-0.1, -0.05) is 26.3 Å². The molecule has 0 saturated carbocycles. The van der Waals surface area contributed by atoms with E-state index in [1.807, 2.05) is 0 Å². The molecular formula is C17H20N4. The van der Waals surface area contributed by atoms with Crippen molar-refractivity contribution >= 4 is 0 Å². The number of nitrogens with two attached hydrogens (primary N) is 1. The van der Waals surface area contributed by atoms with Crippen LogP contribution in [0.2, 0.25) is 0 Å². The van der Waals surface area contributed by atoms with Crippen molar-refractivity contribution in [1.82, 2.24) is 0 Å². The van der Waals surface area contributed by atoms with E-state index in [0.29, 0.717) is 11.5 Å². The van der Waals surface area contributed by atoms with Crippen LogP contribution in [0.5, 0.6) is 0 Å². The first-order chi connectivity index (χ1) is 10.1. The molecule has 4 nitrogen and oxygen atoms in total. The molecule has 2 rings (SSSR count). The number of rotatable bonds is 2. The molecule has 0 spiro atoms. The summed E-state index contributed by atoms with van der Waals surface area (Å²) in [5, 5.41) is 28.8. The van der Waals surface area contributed by atoms with Crippen LogP contribution in [0.4, 0.5) is 0 Å². The summed E-state index contributed by atoms with van der Waals surface area (Å²) in [5.74, 6) is 0.478. The van der Waals surface area contributed by atoms with Gasteiger partial charge < -0.3 is 5.73 Å². The molecule has 0 aromatic rings. The van der Waals surface area contributed by atoms with E-state index < -0.39 is 5.41 Å². The summed E-state index contributed by atoms with van der Waals surface area (Å²) in [6, 6.07) is 6.42. The van der Waals surface area contributed by atoms with Crippen LogP contribution < -0.4 is 5.73 Å². The third-order valence-electron chi connectivity index (χ3n) is 4.88. The van der Waals surface area contributed by atoms with Gasteiger partial charge in [-0.15, -0.1) is 0 Å². The fraction of sp³-hybridized carbons (Fsp3) is 0.588. The highest BCUT2D eigenvalue weighted by Crippen LogP contribution is 2.53. The van der Waals surface area contributed by atoms with Crippen LogP contribution in [0.1, 0.15) is 39.5 Å². The molecule has 0 saturated heterocycles. The van der Waals surface area contributed by atoms with E-state index in [1.165, 1.54) is 0 Å². The predicted octanol–water partition coefficient (Wildman–Crippen LogP) is 3.16. The van der Waals surface area contributed by atoms with E-state index in [9.17, 15) is 15.8 Å². The van der Waals surface area contributed by atoms with Gasteiger partial charge in [0.05, 0.1) is 23.4 Å². The molecule has 2 N–H and O–H groups in total. The summed E-state index contributed by atoms with van der Waals surface area (Å²) in [4.78, 5) is 0. The monoisotopic (exact) mass is 280 g/mol. The van der Waals surface area contributed by atoms with Gasteiger partial charge in [-0.05, 0) is 36.7 Å². The maximum Gasteiger partial charge on any atom is 0.187 e. The molecule has 4 heteroatoms. The highest BCUT2D eigenvalue weighted by molar-refractivity contribution is 5.56. The Morgan fingerprint density at radius 1 is 1.33 bits per heavy atom. The second-order valence-electron chi connectivity index (χ2n) is 6.17. The van der Waals surface area contributed by atoms with Gasteiger partial charge >= 0.3 is 0 Å². The number of allylic oxidation sites excluding steroid dienone is 4. The van der Waals surface area contributed by atoms with Crippen LogP contribution in [0.15, 0.2) is 22.9 Å². The number of fused-ring (bicyclic) bond motifs is 1. The summed E-state index contributed by atoms with van der Waals surface area (Å²) in [5.41, 5.74) is 6.25. The maximum absolute atomic E-state index is 9.66. The van der Waals surface area contributed by atoms with Crippen molar-refractivity contribution in [2.75, 3.05) is 0 Å². The zero-order chi connectivity index (χ0) is 15.6. The average molecular weight is 280 g/mol. The Morgan fingerprint density at radius 3 is 2.52 bits per heavy atom. The van der Waals surface area contributed by atoms with Crippen molar-refractivity contribution in [2.45, 2.75) is 39.5 Å². The van der Waals surface area contributed by atoms with Crippen LogP contribution in [0.25, 0.3) is 0 Å². The molecule has 0 aliphatic heterocycles. The molecule has 21 heavy (non-hydrogen) atoms. The lowest BCUT2D eigenvalue weighted by Gasteiger charge is -2.44. The second-order valence-corrected chi connectivity index (χ2v) is 6.17. The molecule has 0 radical (unpaired) electrons. The lowest BCUT2D eigenvalue weighted by Crippen LogP contribution is -2.44. The largest absolute Gasteiger partial charge is 0.399 e. The highest BCUT2D eigenvalue weighted by Gasteiger charge is 2.52. The minimum Gasteiger partial charge on any atom is -0.399 e. The molecular weight excluding hydrogens is 260 g/mol. The first-order valence-corrected chi connectivity index (χ1v) is 7.48. The van der Waals surface area contributed by atoms with Crippen molar-refractivity contribution in [3.63, 3.8) is 0 Å². The van der Waals surface area contributed by atoms with Crippen molar-refractivity contribution in [1.29, 1.82) is 15.8 Å². The molecule has 0 bridgehead atoms. The molecule has 0 heterocycles. The van der Waals surface area contributed by atoms with Crippen LogP contribution >= 0.6 is 0 Å². The van der Waals surface area contributed by atoms with Gasteiger partial charge in [0.2, 0.25) is 0 Å². The van der Waals surface area contributed by atoms with E-state index in [-0.39, 0.29) is 17.5 Å². The summed E-state index contributed by atoms with van der Waals surface area (Å²) >= 11 is 0. The fourth-order valence-electron chi connectivity index (χ4n) is 3.82. The summed E-state index contributed by atoms with van der Waals surface area (Å²) in [6.45, 7) is 4.22. The van der Waals surface area contributed by atoms with Crippen LogP contribution in [-0.2, 0) is 0 Å². The molecule has 2 aliphatic carbocycles. The lowest BCUT2D eigenvalue weighted by molar-refractivity contribution is 0.200. The van der Waals surface area contributed by atoms with E-state index >= 15 is 0 Å². The lowest BCUT2D eigenvalue weighted by atomic mass is 9.56. The van der Waals surface area contributed by atoms with E-state index in [4.69, 9.17) is 5.73 Å². The topological polar surface area (TPSA) is 97.4 Å². The number of hydrogen-bond acceptors (Lipinski definition) is 4. The van der Waals surface area contributed by atoms with Gasteiger partial charge in [0, 0.05) is 5.92 Å². The van der Waals surface area contributed by atoms with Gasteiger partial charge in [0.15, 0.2) is 5.41 Å². The molecule has 0 unspecified atom stereocenters. The Morgan fingerprint density at radius 2 is 2.00 bits per heavy atom. The normalized spacial score (nSPS) is 30.4. The predicted molar refractivity (Wildman–Crippen MR) is 78.9 cm³/mol. The zero-order valence-corrected chi connectivity index (χ0v) is 12.6. The fourth-order valence-corrected chi connectivity index (χ4v) is 3.82. The van der Waals surface area contributed by atoms with Gasteiger partial charge in [0.1, 0.15) is 6.07 Å². The Labute approximate surface area is 126 Å². The third kappa shape index (κ3) is 2.10. The molecule has 108 valence electrons. The molecule has 0 aromatic carbocycles. The SMILES string of the molecule is CCC[C@H]1[C@@H]2C[C@H](C)CC=C2C(C#N)=C(N)C1(C#N)C#N. The summed E-state index contributed by atoms with van der Waals surface area (Å²) < 4.78 is 0. The number of nitrogens with zero attached hydrogens (tertiary/aromatic N) is 3. The van der Waals surface area contributed by atoms with Gasteiger partial charge in [-0.3, -0.25) is 0 Å². The minimum atomic E-state index is -1.36. The Bertz CT molecular complexity index is 607. The molecule has 0 fully saturated rings. The second kappa shape index (κ2) is 5.63. The molecule has 2 aliphatic rings. The van der Waals surface area contributed by atoms with Crippen molar-refractivity contribution in [3.8, 4) is 18.2 Å². The summed E-state index contributed by atoms with van der Waals surface area (Å²) in [7, 11) is 0. The molecule has 0 amide bonds. The van der Waals surface area contributed by atoms with E-state index in [0.717, 1.165) is 31.3 Å². The summed E-state index contributed by atoms with van der Waals surface area (Å²) in [6.07, 6.45) is 5.60. The Hall–Kier alpha value is -2.25. The number of nitriles is 3. The van der Waals surface area contributed by atoms with Gasteiger partial charge in [-0.25, -0.2) is 0 Å². The van der Waals surface area contributed by atoms with E-state index in [2.05, 4.69) is 38.1 Å². The highest BCUT2D eigenvalue weighted by atomic mass is 14.7. The zero-order valence-electron chi connectivity index (χ0n) is 12.6. The van der Waals surface area contributed by atoms with Gasteiger partial charge in [-0.2, -0.15) is 15.8 Å². The van der Waals surface area contributed by atoms with E-state index in [1.54, 1.807) is 0 Å². The number of hydrogen-bond donors (Lipinski definition) is 1. The van der Waals surface area contributed by atoms with Gasteiger partial charge in [0.25, 0.3) is 0 Å². The molecule has 3 atom stereocenters. The van der Waals surface area contributed by atoms with Crippen molar-refractivity contribution < 1.29 is 0 Å². The quantitative estimate of drug-likeness (QED) is 0.840. The smallest absolute Gasteiger partial charge is 0.187 e. The van der Waals surface area contributed by atoms with Crippen molar-refractivity contribution in [3.05, 3.63) is 22.9 Å². The average Bonchev–Trinajstić information content (AvgIpc) is 2.49. The van der Waals surface area contributed by atoms with Crippen LogP contribution in [0.3, 0.4) is 0 Å². The molecule has 0 aromatic heterocycles.